The van der Waals surface area contributed by atoms with Crippen LogP contribution < -0.4 is 5.32 Å². The molecule has 1 saturated carbocycles. The summed E-state index contributed by atoms with van der Waals surface area (Å²) in [5.74, 6) is -0.266. The molecule has 0 bridgehead atoms. The van der Waals surface area contributed by atoms with Crippen LogP contribution in [-0.2, 0) is 14.3 Å². The van der Waals surface area contributed by atoms with Gasteiger partial charge in [-0.15, -0.1) is 0 Å². The number of nitrogens with zero attached hydrogens (tertiary/aromatic N) is 1. The molecule has 0 aliphatic heterocycles. The molecule has 0 spiro atoms. The maximum atomic E-state index is 12.5. The summed E-state index contributed by atoms with van der Waals surface area (Å²) in [6.45, 7) is 0.433. The van der Waals surface area contributed by atoms with Gasteiger partial charge in [-0.2, -0.15) is 11.8 Å². The van der Waals surface area contributed by atoms with Crippen LogP contribution in [0, 0.1) is 5.92 Å². The van der Waals surface area contributed by atoms with Crippen LogP contribution in [-0.4, -0.2) is 65.7 Å². The normalized spacial score (nSPS) is 18.4. The van der Waals surface area contributed by atoms with Crippen molar-refractivity contribution in [3.8, 4) is 11.1 Å². The van der Waals surface area contributed by atoms with Gasteiger partial charge in [0.15, 0.2) is 0 Å². The van der Waals surface area contributed by atoms with E-state index in [9.17, 15) is 14.4 Å². The zero-order valence-corrected chi connectivity index (χ0v) is 20.1. The van der Waals surface area contributed by atoms with E-state index in [4.69, 9.17) is 9.84 Å². The number of alkyl carbamates (subject to hydrolysis) is 1. The number of aliphatic carboxylic acids is 1. The number of fused-ring (bicyclic) bond motifs is 3. The average Bonchev–Trinajstić information content (AvgIpc) is 3.12. The van der Waals surface area contributed by atoms with Crippen LogP contribution in [0.5, 0.6) is 0 Å². The van der Waals surface area contributed by atoms with Crippen LogP contribution in [0.2, 0.25) is 0 Å². The first kappa shape index (κ1) is 24.1. The highest BCUT2D eigenvalue weighted by Gasteiger charge is 2.34. The van der Waals surface area contributed by atoms with Crippen molar-refractivity contribution in [2.24, 2.45) is 5.92 Å². The zero-order chi connectivity index (χ0) is 24.1. The summed E-state index contributed by atoms with van der Waals surface area (Å²) in [6, 6.07) is 16.4. The summed E-state index contributed by atoms with van der Waals surface area (Å²) in [5.41, 5.74) is 4.72. The van der Waals surface area contributed by atoms with Gasteiger partial charge in [0.25, 0.3) is 0 Å². The van der Waals surface area contributed by atoms with E-state index in [-0.39, 0.29) is 36.9 Å². The zero-order valence-electron chi connectivity index (χ0n) is 19.2. The van der Waals surface area contributed by atoms with E-state index in [0.717, 1.165) is 0 Å². The highest BCUT2D eigenvalue weighted by Crippen LogP contribution is 2.44. The number of amides is 2. The molecule has 2 aliphatic rings. The Morgan fingerprint density at radius 3 is 2.26 bits per heavy atom. The van der Waals surface area contributed by atoms with Crippen LogP contribution in [0.3, 0.4) is 0 Å². The lowest BCUT2D eigenvalue weighted by Crippen LogP contribution is -2.47. The van der Waals surface area contributed by atoms with Gasteiger partial charge in [-0.3, -0.25) is 9.59 Å². The molecule has 0 atom stereocenters. The van der Waals surface area contributed by atoms with Crippen molar-refractivity contribution in [1.82, 2.24) is 10.2 Å². The summed E-state index contributed by atoms with van der Waals surface area (Å²) >= 11 is 1.58. The van der Waals surface area contributed by atoms with Crippen molar-refractivity contribution in [2.45, 2.75) is 31.2 Å². The average molecular weight is 483 g/mol. The molecule has 0 heterocycles. The molecule has 0 saturated heterocycles. The van der Waals surface area contributed by atoms with Crippen molar-refractivity contribution in [3.05, 3.63) is 59.7 Å². The monoisotopic (exact) mass is 482 g/mol. The molecule has 2 aromatic rings. The quantitative estimate of drug-likeness (QED) is 0.532. The molecule has 2 aliphatic carbocycles. The molecule has 2 amide bonds. The minimum atomic E-state index is -1.00. The van der Waals surface area contributed by atoms with E-state index in [1.807, 2.05) is 30.5 Å². The standard InChI is InChI=1S/C26H30N2O5S/c1-34-11-10-28(15-25(30)31)24(29)14-17-12-18(13-17)27-26(32)33-16-23-21-8-4-2-6-19(21)20-7-3-5-9-22(20)23/h2-9,17-18,23H,10-16H2,1H3,(H,27,32)(H,30,31). The number of ether oxygens (including phenoxy) is 1. The number of thioether (sulfide) groups is 1. The van der Waals surface area contributed by atoms with Gasteiger partial charge in [-0.25, -0.2) is 4.79 Å². The summed E-state index contributed by atoms with van der Waals surface area (Å²) in [7, 11) is 0. The van der Waals surface area contributed by atoms with Gasteiger partial charge >= 0.3 is 12.1 Å². The van der Waals surface area contributed by atoms with Crippen molar-refractivity contribution >= 4 is 29.7 Å². The Hall–Kier alpha value is -3.00. The lowest BCUT2D eigenvalue weighted by atomic mass is 9.78. The molecule has 2 aromatic carbocycles. The van der Waals surface area contributed by atoms with E-state index in [2.05, 4.69) is 29.6 Å². The number of carboxylic acid groups (broad SMARTS) is 1. The Labute approximate surface area is 203 Å². The van der Waals surface area contributed by atoms with Gasteiger partial charge in [0.1, 0.15) is 13.2 Å². The highest BCUT2D eigenvalue weighted by atomic mass is 32.2. The van der Waals surface area contributed by atoms with Crippen molar-refractivity contribution < 1.29 is 24.2 Å². The fourth-order valence-electron chi connectivity index (χ4n) is 4.86. The third-order valence-corrected chi connectivity index (χ3v) is 7.20. The molecule has 180 valence electrons. The van der Waals surface area contributed by atoms with Gasteiger partial charge in [-0.1, -0.05) is 48.5 Å². The van der Waals surface area contributed by atoms with Gasteiger partial charge in [0.05, 0.1) is 0 Å². The second-order valence-corrected chi connectivity index (χ2v) is 9.90. The van der Waals surface area contributed by atoms with Crippen LogP contribution in [0.15, 0.2) is 48.5 Å². The SMILES string of the molecule is CSCCN(CC(=O)O)C(=O)CC1CC(NC(=O)OCC2c3ccccc3-c3ccccc32)C1. The molecule has 7 nitrogen and oxygen atoms in total. The van der Waals surface area contributed by atoms with Crippen molar-refractivity contribution in [2.75, 3.05) is 31.7 Å². The molecule has 34 heavy (non-hydrogen) atoms. The fourth-order valence-corrected chi connectivity index (χ4v) is 5.26. The molecule has 0 unspecified atom stereocenters. The Bertz CT molecular complexity index is 1010. The number of benzene rings is 2. The van der Waals surface area contributed by atoms with Crippen LogP contribution in [0.4, 0.5) is 4.79 Å². The number of hydrogen-bond donors (Lipinski definition) is 2. The predicted octanol–water partition coefficient (Wildman–Crippen LogP) is 3.97. The minimum Gasteiger partial charge on any atom is -0.480 e. The molecular formula is C26H30N2O5S. The highest BCUT2D eigenvalue weighted by molar-refractivity contribution is 7.98. The van der Waals surface area contributed by atoms with Gasteiger partial charge < -0.3 is 20.1 Å². The number of carbonyl (C=O) groups excluding carboxylic acids is 2. The third kappa shape index (κ3) is 5.55. The Balaban J connectivity index is 1.23. The molecule has 4 rings (SSSR count). The summed E-state index contributed by atoms with van der Waals surface area (Å²) in [6.07, 6.45) is 3.18. The maximum absolute atomic E-state index is 12.5. The molecule has 1 fully saturated rings. The fraction of sp³-hybridized carbons (Fsp3) is 0.423. The molecule has 0 aromatic heterocycles. The van der Waals surface area contributed by atoms with Gasteiger partial charge in [0, 0.05) is 30.7 Å². The first-order chi connectivity index (χ1) is 16.5. The smallest absolute Gasteiger partial charge is 0.407 e. The lowest BCUT2D eigenvalue weighted by Gasteiger charge is -2.36. The summed E-state index contributed by atoms with van der Waals surface area (Å²) in [5, 5.41) is 12.0. The summed E-state index contributed by atoms with van der Waals surface area (Å²) < 4.78 is 5.60. The van der Waals surface area contributed by atoms with E-state index in [0.29, 0.717) is 31.6 Å². The topological polar surface area (TPSA) is 95.9 Å². The second kappa shape index (κ2) is 11.0. The number of rotatable bonds is 10. The molecule has 8 heteroatoms. The maximum Gasteiger partial charge on any atom is 0.407 e. The van der Waals surface area contributed by atoms with E-state index in [1.165, 1.54) is 27.2 Å². The van der Waals surface area contributed by atoms with E-state index < -0.39 is 12.1 Å². The van der Waals surface area contributed by atoms with Gasteiger partial charge in [0.2, 0.25) is 5.91 Å². The first-order valence-corrected chi connectivity index (χ1v) is 13.0. The molecular weight excluding hydrogens is 452 g/mol. The van der Waals surface area contributed by atoms with Crippen LogP contribution >= 0.6 is 11.8 Å². The Morgan fingerprint density at radius 2 is 1.68 bits per heavy atom. The number of hydrogen-bond acceptors (Lipinski definition) is 5. The second-order valence-electron chi connectivity index (χ2n) is 8.91. The number of nitrogens with one attached hydrogen (secondary N) is 1. The number of carboxylic acids is 1. The van der Waals surface area contributed by atoms with Crippen molar-refractivity contribution in [1.29, 1.82) is 0 Å². The lowest BCUT2D eigenvalue weighted by molar-refractivity contribution is -0.145. The molecule has 2 N–H and O–H groups in total. The Morgan fingerprint density at radius 1 is 1.06 bits per heavy atom. The van der Waals surface area contributed by atoms with Crippen LogP contribution in [0.25, 0.3) is 11.1 Å². The number of carbonyl (C=O) groups is 3. The van der Waals surface area contributed by atoms with Crippen LogP contribution in [0.1, 0.15) is 36.3 Å². The largest absolute Gasteiger partial charge is 0.480 e. The van der Waals surface area contributed by atoms with Crippen molar-refractivity contribution in [3.63, 3.8) is 0 Å². The van der Waals surface area contributed by atoms with E-state index >= 15 is 0 Å². The van der Waals surface area contributed by atoms with E-state index in [1.54, 1.807) is 11.8 Å². The summed E-state index contributed by atoms with van der Waals surface area (Å²) in [4.78, 5) is 37.4. The first-order valence-electron chi connectivity index (χ1n) is 11.6. The Kier molecular flexibility index (Phi) is 7.77. The third-order valence-electron chi connectivity index (χ3n) is 6.61. The predicted molar refractivity (Wildman–Crippen MR) is 132 cm³/mol. The molecule has 0 radical (unpaired) electrons. The minimum absolute atomic E-state index is 0.0198. The van der Waals surface area contributed by atoms with Gasteiger partial charge in [-0.05, 0) is 47.3 Å².